The third-order valence-electron chi connectivity index (χ3n) is 5.57. The number of hydrogen-bond donors (Lipinski definition) is 2. The van der Waals surface area contributed by atoms with Crippen molar-refractivity contribution < 1.29 is 4.79 Å². The zero-order valence-corrected chi connectivity index (χ0v) is 21.8. The highest BCUT2D eigenvalue weighted by Crippen LogP contribution is 2.37. The lowest BCUT2D eigenvalue weighted by molar-refractivity contribution is -0.123. The maximum Gasteiger partial charge on any atom is 0.229 e. The molecule has 0 aliphatic rings. The van der Waals surface area contributed by atoms with Crippen LogP contribution in [0.15, 0.2) is 76.7 Å². The molecule has 2 N–H and O–H groups in total. The number of benzene rings is 2. The Morgan fingerprint density at radius 1 is 1.00 bits per heavy atom. The van der Waals surface area contributed by atoms with Crippen molar-refractivity contribution in [2.24, 2.45) is 5.41 Å². The molecule has 0 saturated carbocycles. The topological polar surface area (TPSA) is 66.9 Å². The summed E-state index contributed by atoms with van der Waals surface area (Å²) in [5.41, 5.74) is 5.33. The van der Waals surface area contributed by atoms with E-state index in [2.05, 4.69) is 65.9 Å². The van der Waals surface area contributed by atoms with Crippen molar-refractivity contribution in [1.29, 1.82) is 0 Å². The SMILES string of the molecule is CCCc1ccc2c(Nc3cc(C)ccc3Sc3cccc(NC(=O)C(C)(C)C)c3)ccnc2n1. The lowest BCUT2D eigenvalue weighted by Crippen LogP contribution is -2.27. The molecule has 4 rings (SSSR count). The number of carbonyl (C=O) groups excluding carboxylic acids is 1. The molecule has 0 aliphatic heterocycles. The van der Waals surface area contributed by atoms with Gasteiger partial charge in [0.2, 0.25) is 5.91 Å². The third-order valence-corrected chi connectivity index (χ3v) is 6.64. The fraction of sp³-hybridized carbons (Fsp3) is 0.276. The summed E-state index contributed by atoms with van der Waals surface area (Å²) in [6.07, 6.45) is 3.81. The minimum atomic E-state index is -0.448. The summed E-state index contributed by atoms with van der Waals surface area (Å²) < 4.78 is 0. The smallest absolute Gasteiger partial charge is 0.229 e. The van der Waals surface area contributed by atoms with E-state index in [-0.39, 0.29) is 5.91 Å². The standard InChI is InChI=1S/C29H32N4OS/c1-6-8-20-12-13-23-24(15-16-30-27(23)31-20)33-25-17-19(2)11-14-26(25)35-22-10-7-9-21(18-22)32-28(34)29(3,4)5/h7,9-18H,6,8H2,1-5H3,(H,32,34)(H,30,31,33). The Morgan fingerprint density at radius 2 is 1.83 bits per heavy atom. The van der Waals surface area contributed by atoms with Crippen LogP contribution in [0.3, 0.4) is 0 Å². The molecule has 0 radical (unpaired) electrons. The Kier molecular flexibility index (Phi) is 7.41. The van der Waals surface area contributed by atoms with Gasteiger partial charge in [-0.3, -0.25) is 4.79 Å². The first-order valence-corrected chi connectivity index (χ1v) is 12.8. The normalized spacial score (nSPS) is 11.5. The fourth-order valence-electron chi connectivity index (χ4n) is 3.63. The molecule has 2 aromatic heterocycles. The van der Waals surface area contributed by atoms with Crippen LogP contribution in [-0.2, 0) is 11.2 Å². The molecule has 6 heteroatoms. The molecule has 0 bridgehead atoms. The molecular formula is C29H32N4OS. The average Bonchev–Trinajstić information content (AvgIpc) is 2.81. The molecule has 0 aliphatic carbocycles. The number of carbonyl (C=O) groups is 1. The van der Waals surface area contributed by atoms with E-state index in [9.17, 15) is 4.79 Å². The lowest BCUT2D eigenvalue weighted by Gasteiger charge is -2.18. The van der Waals surface area contributed by atoms with Crippen LogP contribution in [0.5, 0.6) is 0 Å². The molecule has 0 unspecified atom stereocenters. The number of anilines is 3. The quantitative estimate of drug-likeness (QED) is 0.280. The second kappa shape index (κ2) is 10.5. The predicted octanol–water partition coefficient (Wildman–Crippen LogP) is 7.77. The Hall–Kier alpha value is -3.38. The predicted molar refractivity (Wildman–Crippen MR) is 147 cm³/mol. The van der Waals surface area contributed by atoms with Gasteiger partial charge >= 0.3 is 0 Å². The van der Waals surface area contributed by atoms with Crippen molar-refractivity contribution in [1.82, 2.24) is 9.97 Å². The van der Waals surface area contributed by atoms with Crippen LogP contribution < -0.4 is 10.6 Å². The van der Waals surface area contributed by atoms with Gasteiger partial charge in [0.25, 0.3) is 0 Å². The number of aromatic nitrogens is 2. The van der Waals surface area contributed by atoms with E-state index in [0.717, 1.165) is 56.4 Å². The van der Waals surface area contributed by atoms with E-state index < -0.39 is 5.41 Å². The maximum absolute atomic E-state index is 12.4. The van der Waals surface area contributed by atoms with Gasteiger partial charge in [0.05, 0.1) is 11.4 Å². The highest BCUT2D eigenvalue weighted by molar-refractivity contribution is 7.99. The number of nitrogens with zero attached hydrogens (tertiary/aromatic N) is 2. The fourth-order valence-corrected chi connectivity index (χ4v) is 4.57. The van der Waals surface area contributed by atoms with Crippen LogP contribution in [0.4, 0.5) is 17.1 Å². The lowest BCUT2D eigenvalue weighted by atomic mass is 9.95. The summed E-state index contributed by atoms with van der Waals surface area (Å²) in [7, 11) is 0. The largest absolute Gasteiger partial charge is 0.354 e. The van der Waals surface area contributed by atoms with Crippen molar-refractivity contribution in [3.8, 4) is 0 Å². The molecule has 35 heavy (non-hydrogen) atoms. The first kappa shape index (κ1) is 24.7. The summed E-state index contributed by atoms with van der Waals surface area (Å²) >= 11 is 1.66. The average molecular weight is 485 g/mol. The van der Waals surface area contributed by atoms with Gasteiger partial charge in [0, 0.05) is 38.2 Å². The van der Waals surface area contributed by atoms with Gasteiger partial charge < -0.3 is 10.6 Å². The van der Waals surface area contributed by atoms with Crippen molar-refractivity contribution in [2.75, 3.05) is 10.6 Å². The summed E-state index contributed by atoms with van der Waals surface area (Å²) in [6.45, 7) is 9.98. The number of nitrogens with one attached hydrogen (secondary N) is 2. The molecule has 0 atom stereocenters. The monoisotopic (exact) mass is 484 g/mol. The van der Waals surface area contributed by atoms with E-state index in [1.807, 2.05) is 45.0 Å². The van der Waals surface area contributed by atoms with Crippen molar-refractivity contribution in [3.63, 3.8) is 0 Å². The molecule has 2 heterocycles. The van der Waals surface area contributed by atoms with Crippen LogP contribution in [0, 0.1) is 12.3 Å². The molecule has 4 aromatic rings. The maximum atomic E-state index is 12.4. The summed E-state index contributed by atoms with van der Waals surface area (Å²) in [6, 6.07) is 20.5. The van der Waals surface area contributed by atoms with Crippen molar-refractivity contribution >= 4 is 45.8 Å². The van der Waals surface area contributed by atoms with Gasteiger partial charge in [-0.15, -0.1) is 0 Å². The van der Waals surface area contributed by atoms with Crippen LogP contribution in [0.25, 0.3) is 11.0 Å². The van der Waals surface area contributed by atoms with E-state index in [4.69, 9.17) is 4.98 Å². The van der Waals surface area contributed by atoms with E-state index in [1.54, 1.807) is 18.0 Å². The third kappa shape index (κ3) is 6.20. The summed E-state index contributed by atoms with van der Waals surface area (Å²) in [5, 5.41) is 7.64. The summed E-state index contributed by atoms with van der Waals surface area (Å²) in [4.78, 5) is 23.8. The number of aryl methyl sites for hydroxylation is 2. The Labute approximate surface area is 211 Å². The number of pyridine rings is 2. The van der Waals surface area contributed by atoms with E-state index in [1.165, 1.54) is 5.56 Å². The van der Waals surface area contributed by atoms with Gasteiger partial charge in [-0.05, 0) is 67.4 Å². The minimum absolute atomic E-state index is 0.00221. The first-order chi connectivity index (χ1) is 16.7. The Morgan fingerprint density at radius 3 is 2.60 bits per heavy atom. The zero-order chi connectivity index (χ0) is 25.0. The van der Waals surface area contributed by atoms with E-state index in [0.29, 0.717) is 0 Å². The molecular weight excluding hydrogens is 452 g/mol. The van der Waals surface area contributed by atoms with Crippen LogP contribution in [-0.4, -0.2) is 15.9 Å². The molecule has 1 amide bonds. The second-order valence-corrected chi connectivity index (χ2v) is 10.9. The molecule has 0 fully saturated rings. The van der Waals surface area contributed by atoms with Crippen LogP contribution >= 0.6 is 11.8 Å². The number of fused-ring (bicyclic) bond motifs is 1. The molecule has 2 aromatic carbocycles. The van der Waals surface area contributed by atoms with Gasteiger partial charge in [-0.2, -0.15) is 0 Å². The molecule has 0 spiro atoms. The Balaban J connectivity index is 1.62. The van der Waals surface area contributed by atoms with Crippen molar-refractivity contribution in [2.45, 2.75) is 57.3 Å². The second-order valence-electron chi connectivity index (χ2n) is 9.74. The minimum Gasteiger partial charge on any atom is -0.354 e. The van der Waals surface area contributed by atoms with Crippen LogP contribution in [0.1, 0.15) is 45.4 Å². The van der Waals surface area contributed by atoms with Gasteiger partial charge in [-0.25, -0.2) is 9.97 Å². The molecule has 5 nitrogen and oxygen atoms in total. The van der Waals surface area contributed by atoms with Gasteiger partial charge in [0.15, 0.2) is 5.65 Å². The number of rotatable bonds is 7. The highest BCUT2D eigenvalue weighted by Gasteiger charge is 2.21. The van der Waals surface area contributed by atoms with E-state index >= 15 is 0 Å². The Bertz CT molecular complexity index is 1360. The first-order valence-electron chi connectivity index (χ1n) is 11.9. The molecule has 0 saturated heterocycles. The van der Waals surface area contributed by atoms with Crippen LogP contribution in [0.2, 0.25) is 0 Å². The summed E-state index contributed by atoms with van der Waals surface area (Å²) in [5.74, 6) is -0.00221. The van der Waals surface area contributed by atoms with Crippen molar-refractivity contribution in [3.05, 3.63) is 78.1 Å². The number of hydrogen-bond acceptors (Lipinski definition) is 5. The van der Waals surface area contributed by atoms with Gasteiger partial charge in [-0.1, -0.05) is 58.0 Å². The number of amides is 1. The van der Waals surface area contributed by atoms with Gasteiger partial charge in [0.1, 0.15) is 0 Å². The zero-order valence-electron chi connectivity index (χ0n) is 21.0. The molecule has 180 valence electrons. The highest BCUT2D eigenvalue weighted by atomic mass is 32.2.